The third-order valence-electron chi connectivity index (χ3n) is 5.24. The molecule has 2 heterocycles. The van der Waals surface area contributed by atoms with Crippen LogP contribution >= 0.6 is 0 Å². The topological polar surface area (TPSA) is 137 Å². The standard InChI is InChI=1S/C22H17F3N4O5S/c1-33-14-6-3-10(9-35(31,32)15-7-11(23)8-27-22(15)34-2)17(24)16(14)12-4-5-13-19(18(12)25)28-29-20(13)21(26)30/h3-8H,9H2,1-2H3,(H2,26,30)(H,28,29). The first kappa shape index (κ1) is 24.0. The molecule has 4 aromatic rings. The van der Waals surface area contributed by atoms with Crippen LogP contribution in [-0.4, -0.2) is 43.7 Å². The van der Waals surface area contributed by atoms with E-state index in [0.29, 0.717) is 6.07 Å². The number of nitrogens with one attached hydrogen (secondary N) is 1. The second-order valence-corrected chi connectivity index (χ2v) is 9.28. The zero-order chi connectivity index (χ0) is 25.5. The summed E-state index contributed by atoms with van der Waals surface area (Å²) >= 11 is 0. The Morgan fingerprint density at radius 1 is 1.09 bits per heavy atom. The maximum atomic E-state index is 15.7. The molecule has 0 fully saturated rings. The number of primary amides is 1. The number of rotatable bonds is 7. The molecule has 3 N–H and O–H groups in total. The van der Waals surface area contributed by atoms with Crippen LogP contribution in [0.25, 0.3) is 22.0 Å². The Hall–Kier alpha value is -4.13. The van der Waals surface area contributed by atoms with Crippen molar-refractivity contribution in [1.29, 1.82) is 0 Å². The fraction of sp³-hybridized carbons (Fsp3) is 0.136. The van der Waals surface area contributed by atoms with E-state index in [1.165, 1.54) is 25.3 Å². The Morgan fingerprint density at radius 2 is 1.83 bits per heavy atom. The third-order valence-corrected chi connectivity index (χ3v) is 6.90. The number of carbonyl (C=O) groups is 1. The molecule has 0 aliphatic rings. The van der Waals surface area contributed by atoms with Gasteiger partial charge in [0.05, 0.1) is 31.7 Å². The number of nitrogens with zero attached hydrogens (tertiary/aromatic N) is 2. The SMILES string of the molecule is COc1ccc(CS(=O)(=O)c2cc(F)cnc2OC)c(F)c1-c1ccc2c(C(N)=O)[nH]nc2c1F. The van der Waals surface area contributed by atoms with Crippen LogP contribution in [0, 0.1) is 17.5 Å². The van der Waals surface area contributed by atoms with Gasteiger partial charge in [-0.25, -0.2) is 26.6 Å². The normalized spacial score (nSPS) is 11.6. The smallest absolute Gasteiger partial charge is 0.267 e. The van der Waals surface area contributed by atoms with Crippen molar-refractivity contribution in [3.05, 3.63) is 65.2 Å². The van der Waals surface area contributed by atoms with Gasteiger partial charge in [0.25, 0.3) is 5.91 Å². The Balaban J connectivity index is 1.86. The van der Waals surface area contributed by atoms with E-state index in [0.717, 1.165) is 19.4 Å². The van der Waals surface area contributed by atoms with Crippen molar-refractivity contribution in [2.24, 2.45) is 5.73 Å². The van der Waals surface area contributed by atoms with Gasteiger partial charge in [-0.05, 0) is 18.2 Å². The van der Waals surface area contributed by atoms with Crippen LogP contribution in [0.2, 0.25) is 0 Å². The molecule has 182 valence electrons. The minimum Gasteiger partial charge on any atom is -0.496 e. The maximum Gasteiger partial charge on any atom is 0.267 e. The van der Waals surface area contributed by atoms with Gasteiger partial charge in [0, 0.05) is 16.5 Å². The number of halogens is 3. The number of H-pyrrole nitrogens is 1. The molecule has 0 atom stereocenters. The van der Waals surface area contributed by atoms with Crippen molar-refractivity contribution in [2.45, 2.75) is 10.6 Å². The van der Waals surface area contributed by atoms with Crippen LogP contribution in [0.3, 0.4) is 0 Å². The van der Waals surface area contributed by atoms with Crippen LogP contribution in [0.15, 0.2) is 41.4 Å². The number of hydrogen-bond donors (Lipinski definition) is 2. The molecule has 9 nitrogen and oxygen atoms in total. The van der Waals surface area contributed by atoms with Gasteiger partial charge in [0.15, 0.2) is 15.7 Å². The minimum absolute atomic E-state index is 0.0856. The average molecular weight is 506 g/mol. The number of methoxy groups -OCH3 is 2. The molecule has 0 bridgehead atoms. The number of pyridine rings is 1. The van der Waals surface area contributed by atoms with Crippen molar-refractivity contribution in [3.63, 3.8) is 0 Å². The molecule has 0 unspecified atom stereocenters. The highest BCUT2D eigenvalue weighted by molar-refractivity contribution is 7.90. The van der Waals surface area contributed by atoms with Crippen LogP contribution in [0.1, 0.15) is 16.1 Å². The van der Waals surface area contributed by atoms with Gasteiger partial charge in [-0.1, -0.05) is 12.1 Å². The van der Waals surface area contributed by atoms with E-state index in [1.54, 1.807) is 0 Å². The molecule has 0 radical (unpaired) electrons. The van der Waals surface area contributed by atoms with Crippen LogP contribution in [0.4, 0.5) is 13.2 Å². The molecule has 0 aliphatic heterocycles. The number of nitrogens with two attached hydrogens (primary N) is 1. The van der Waals surface area contributed by atoms with Crippen LogP contribution in [0.5, 0.6) is 11.6 Å². The summed E-state index contributed by atoms with van der Waals surface area (Å²) in [6.45, 7) is 0. The summed E-state index contributed by atoms with van der Waals surface area (Å²) in [5.74, 6) is -5.21. The zero-order valence-corrected chi connectivity index (χ0v) is 19.0. The lowest BCUT2D eigenvalue weighted by atomic mass is 9.99. The molecule has 13 heteroatoms. The molecular formula is C22H17F3N4O5S. The van der Waals surface area contributed by atoms with Crippen LogP contribution < -0.4 is 15.2 Å². The van der Waals surface area contributed by atoms with Crippen molar-refractivity contribution < 1.29 is 35.9 Å². The maximum absolute atomic E-state index is 15.7. The number of aromatic nitrogens is 3. The van der Waals surface area contributed by atoms with Gasteiger partial charge < -0.3 is 15.2 Å². The molecule has 0 saturated carbocycles. The fourth-order valence-electron chi connectivity index (χ4n) is 3.63. The number of carbonyl (C=O) groups excluding carboxylic acids is 1. The van der Waals surface area contributed by atoms with Crippen molar-refractivity contribution in [3.8, 4) is 22.8 Å². The lowest BCUT2D eigenvalue weighted by Gasteiger charge is -2.15. The Bertz CT molecular complexity index is 1590. The summed E-state index contributed by atoms with van der Waals surface area (Å²) in [6.07, 6.45) is 0.779. The monoisotopic (exact) mass is 506 g/mol. The number of hydrogen-bond acceptors (Lipinski definition) is 7. The lowest BCUT2D eigenvalue weighted by molar-refractivity contribution is 0.0997. The number of sulfone groups is 1. The summed E-state index contributed by atoms with van der Waals surface area (Å²) in [6, 6.07) is 5.66. The average Bonchev–Trinajstić information content (AvgIpc) is 3.26. The Morgan fingerprint density at radius 3 is 2.49 bits per heavy atom. The first-order chi connectivity index (χ1) is 16.6. The molecule has 1 amide bonds. The summed E-state index contributed by atoms with van der Waals surface area (Å²) in [5.41, 5.74) is 3.84. The number of benzene rings is 2. The highest BCUT2D eigenvalue weighted by Gasteiger charge is 2.27. The van der Waals surface area contributed by atoms with Gasteiger partial charge in [-0.15, -0.1) is 0 Å². The molecule has 2 aromatic heterocycles. The van der Waals surface area contributed by atoms with Crippen molar-refractivity contribution in [1.82, 2.24) is 15.2 Å². The predicted molar refractivity (Wildman–Crippen MR) is 118 cm³/mol. The number of fused-ring (bicyclic) bond motifs is 1. The molecule has 4 rings (SSSR count). The van der Waals surface area contributed by atoms with Gasteiger partial charge >= 0.3 is 0 Å². The molecule has 35 heavy (non-hydrogen) atoms. The highest BCUT2D eigenvalue weighted by atomic mass is 32.2. The molecule has 0 saturated heterocycles. The zero-order valence-electron chi connectivity index (χ0n) is 18.2. The van der Waals surface area contributed by atoms with E-state index < -0.39 is 43.8 Å². The Labute approximate surface area is 196 Å². The van der Waals surface area contributed by atoms with E-state index >= 15 is 8.78 Å². The summed E-state index contributed by atoms with van der Waals surface area (Å²) in [5, 5.41) is 6.16. The Kier molecular flexibility index (Phi) is 6.11. The predicted octanol–water partition coefficient (Wildman–Crippen LogP) is 3.13. The largest absolute Gasteiger partial charge is 0.496 e. The number of aromatic amines is 1. The second kappa shape index (κ2) is 8.91. The van der Waals surface area contributed by atoms with E-state index in [-0.39, 0.29) is 44.9 Å². The first-order valence-corrected chi connectivity index (χ1v) is 11.5. The minimum atomic E-state index is -4.34. The fourth-order valence-corrected chi connectivity index (χ4v) is 5.11. The van der Waals surface area contributed by atoms with Gasteiger partial charge in [0.1, 0.15) is 33.5 Å². The quantitative estimate of drug-likeness (QED) is 0.393. The molecular weight excluding hydrogens is 489 g/mol. The van der Waals surface area contributed by atoms with Gasteiger partial charge in [-0.3, -0.25) is 9.89 Å². The second-order valence-electron chi connectivity index (χ2n) is 7.32. The van der Waals surface area contributed by atoms with Crippen molar-refractivity contribution >= 4 is 26.6 Å². The van der Waals surface area contributed by atoms with Gasteiger partial charge in [0.2, 0.25) is 5.88 Å². The number of ether oxygens (including phenoxy) is 2. The first-order valence-electron chi connectivity index (χ1n) is 9.83. The van der Waals surface area contributed by atoms with E-state index in [1.807, 2.05) is 0 Å². The molecule has 2 aromatic carbocycles. The van der Waals surface area contributed by atoms with Crippen molar-refractivity contribution in [2.75, 3.05) is 14.2 Å². The molecule has 0 aliphatic carbocycles. The van der Waals surface area contributed by atoms with E-state index in [2.05, 4.69) is 15.2 Å². The lowest BCUT2D eigenvalue weighted by Crippen LogP contribution is -2.11. The highest BCUT2D eigenvalue weighted by Crippen LogP contribution is 2.39. The summed E-state index contributed by atoms with van der Waals surface area (Å²) in [7, 11) is -1.96. The summed E-state index contributed by atoms with van der Waals surface area (Å²) < 4.78 is 80.8. The van der Waals surface area contributed by atoms with E-state index in [4.69, 9.17) is 15.2 Å². The van der Waals surface area contributed by atoms with Crippen LogP contribution in [-0.2, 0) is 15.6 Å². The third kappa shape index (κ3) is 4.14. The summed E-state index contributed by atoms with van der Waals surface area (Å²) in [4.78, 5) is 14.5. The van der Waals surface area contributed by atoms with Gasteiger partial charge in [-0.2, -0.15) is 5.10 Å². The molecule has 0 spiro atoms. The van der Waals surface area contributed by atoms with E-state index in [9.17, 15) is 17.6 Å². The number of amides is 1.